The highest BCUT2D eigenvalue weighted by Crippen LogP contribution is 2.29. The smallest absolute Gasteiger partial charge is 0.416 e. The van der Waals surface area contributed by atoms with Crippen molar-refractivity contribution < 1.29 is 27.5 Å². The average molecular weight is 399 g/mol. The number of nitrogens with zero attached hydrogens (tertiary/aromatic N) is 1. The van der Waals surface area contributed by atoms with Gasteiger partial charge in [0, 0.05) is 18.8 Å². The normalized spacial score (nSPS) is 17.4. The monoisotopic (exact) mass is 399 g/mol. The number of halogens is 3. The third kappa shape index (κ3) is 5.48. The summed E-state index contributed by atoms with van der Waals surface area (Å²) >= 11 is 0. The van der Waals surface area contributed by atoms with Crippen molar-refractivity contribution in [3.8, 4) is 0 Å². The van der Waals surface area contributed by atoms with Crippen LogP contribution in [-0.4, -0.2) is 43.1 Å². The third-order valence-electron chi connectivity index (χ3n) is 4.31. The molecule has 1 aliphatic rings. The highest BCUT2D eigenvalue weighted by Gasteiger charge is 2.32. The van der Waals surface area contributed by atoms with Gasteiger partial charge in [-0.1, -0.05) is 19.1 Å². The number of alkyl halides is 3. The van der Waals surface area contributed by atoms with E-state index in [-0.39, 0.29) is 13.2 Å². The zero-order valence-electron chi connectivity index (χ0n) is 16.0. The molecule has 0 spiro atoms. The van der Waals surface area contributed by atoms with E-state index in [1.165, 1.54) is 12.1 Å². The van der Waals surface area contributed by atoms with E-state index in [1.807, 2.05) is 6.92 Å². The largest absolute Gasteiger partial charge is 0.463 e. The van der Waals surface area contributed by atoms with Crippen LogP contribution in [0.2, 0.25) is 0 Å². The van der Waals surface area contributed by atoms with E-state index in [0.717, 1.165) is 12.1 Å². The van der Waals surface area contributed by atoms with E-state index in [9.17, 15) is 22.8 Å². The van der Waals surface area contributed by atoms with Gasteiger partial charge >= 0.3 is 18.2 Å². The summed E-state index contributed by atoms with van der Waals surface area (Å²) < 4.78 is 43.1. The van der Waals surface area contributed by atoms with Gasteiger partial charge in [-0.05, 0) is 38.1 Å². The zero-order chi connectivity index (χ0) is 20.9. The third-order valence-corrected chi connectivity index (χ3v) is 4.31. The highest BCUT2D eigenvalue weighted by atomic mass is 19.4. The second kappa shape index (κ2) is 9.09. The van der Waals surface area contributed by atoms with Gasteiger partial charge in [0.1, 0.15) is 0 Å². The molecule has 1 aromatic rings. The molecule has 0 fully saturated rings. The fraction of sp³-hybridized carbons (Fsp3) is 0.474. The summed E-state index contributed by atoms with van der Waals surface area (Å²) in [5.41, 5.74) is 0.774. The Bertz CT molecular complexity index is 745. The van der Waals surface area contributed by atoms with E-state index in [1.54, 1.807) is 18.9 Å². The van der Waals surface area contributed by atoms with Gasteiger partial charge in [-0.2, -0.15) is 13.2 Å². The van der Waals surface area contributed by atoms with Crippen LogP contribution in [0.15, 0.2) is 35.5 Å². The molecule has 0 radical (unpaired) electrons. The Balaban J connectivity index is 2.17. The lowest BCUT2D eigenvalue weighted by Crippen LogP contribution is -2.51. The average Bonchev–Trinajstić information content (AvgIpc) is 2.60. The highest BCUT2D eigenvalue weighted by molar-refractivity contribution is 5.94. The summed E-state index contributed by atoms with van der Waals surface area (Å²) in [6.45, 7) is 4.34. The molecule has 2 N–H and O–H groups in total. The minimum atomic E-state index is -4.38. The second-order valence-corrected chi connectivity index (χ2v) is 6.54. The molecule has 0 aromatic heterocycles. The van der Waals surface area contributed by atoms with Gasteiger partial charge < -0.3 is 15.4 Å². The molecule has 1 atom stereocenters. The molecule has 6 nitrogen and oxygen atoms in total. The molecule has 1 aromatic carbocycles. The number of carbonyl (C=O) groups excluding carboxylic acids is 2. The first-order valence-electron chi connectivity index (χ1n) is 8.98. The molecule has 0 aliphatic carbocycles. The minimum Gasteiger partial charge on any atom is -0.463 e. The predicted octanol–water partition coefficient (Wildman–Crippen LogP) is 3.05. The van der Waals surface area contributed by atoms with Crippen LogP contribution in [0.25, 0.3) is 0 Å². The van der Waals surface area contributed by atoms with E-state index in [0.29, 0.717) is 29.8 Å². The Hall–Kier alpha value is -2.55. The first-order valence-corrected chi connectivity index (χ1v) is 8.98. The van der Waals surface area contributed by atoms with Crippen LogP contribution in [0, 0.1) is 0 Å². The molecule has 2 rings (SSSR count). The zero-order valence-corrected chi connectivity index (χ0v) is 16.0. The Morgan fingerprint density at radius 1 is 1.18 bits per heavy atom. The fourth-order valence-corrected chi connectivity index (χ4v) is 3.02. The standard InChI is InChI=1S/C19H24F3N3O3/c1-4-14-16(17(26)28-5-2)15(24-18(27)23-14)11-25(3)10-12-6-8-13(9-7-12)19(20,21)22/h6-9,14H,4-5,10-11H2,1-3H3,(H2,23,24,27)/t14-/m0/s1. The van der Waals surface area contributed by atoms with Crippen LogP contribution in [0.4, 0.5) is 18.0 Å². The van der Waals surface area contributed by atoms with Gasteiger partial charge in [-0.15, -0.1) is 0 Å². The number of rotatable bonds is 7. The number of hydrogen-bond acceptors (Lipinski definition) is 4. The molecule has 154 valence electrons. The maximum Gasteiger partial charge on any atom is 0.416 e. The molecular formula is C19H24F3N3O3. The summed E-state index contributed by atoms with van der Waals surface area (Å²) in [6.07, 6.45) is -3.86. The lowest BCUT2D eigenvalue weighted by Gasteiger charge is -2.30. The van der Waals surface area contributed by atoms with Gasteiger partial charge in [-0.25, -0.2) is 9.59 Å². The maximum absolute atomic E-state index is 12.7. The molecule has 9 heteroatoms. The number of nitrogens with one attached hydrogen (secondary N) is 2. The van der Waals surface area contributed by atoms with Crippen molar-refractivity contribution in [2.24, 2.45) is 0 Å². The quantitative estimate of drug-likeness (QED) is 0.692. The molecule has 1 aliphatic heterocycles. The van der Waals surface area contributed by atoms with E-state index < -0.39 is 29.8 Å². The lowest BCUT2D eigenvalue weighted by atomic mass is 10.00. The molecular weight excluding hydrogens is 375 g/mol. The fourth-order valence-electron chi connectivity index (χ4n) is 3.02. The van der Waals surface area contributed by atoms with Crippen molar-refractivity contribution in [2.45, 2.75) is 39.0 Å². The topological polar surface area (TPSA) is 70.7 Å². The second-order valence-electron chi connectivity index (χ2n) is 6.54. The Labute approximate surface area is 161 Å². The summed E-state index contributed by atoms with van der Waals surface area (Å²) in [4.78, 5) is 26.1. The van der Waals surface area contributed by atoms with Crippen molar-refractivity contribution in [1.82, 2.24) is 15.5 Å². The number of benzene rings is 1. The van der Waals surface area contributed by atoms with Gasteiger partial charge in [0.2, 0.25) is 0 Å². The van der Waals surface area contributed by atoms with Gasteiger partial charge in [0.15, 0.2) is 0 Å². The molecule has 0 saturated carbocycles. The lowest BCUT2D eigenvalue weighted by molar-refractivity contribution is -0.139. The van der Waals surface area contributed by atoms with Crippen molar-refractivity contribution >= 4 is 12.0 Å². The number of esters is 1. The van der Waals surface area contributed by atoms with Crippen LogP contribution >= 0.6 is 0 Å². The van der Waals surface area contributed by atoms with E-state index in [4.69, 9.17) is 4.74 Å². The SMILES string of the molecule is CCOC(=O)C1=C(CN(C)Cc2ccc(C(F)(F)F)cc2)NC(=O)N[C@H]1CC. The van der Waals surface area contributed by atoms with Crippen molar-refractivity contribution in [3.05, 3.63) is 46.7 Å². The number of ether oxygens (including phenoxy) is 1. The Kier molecular flexibility index (Phi) is 7.06. The van der Waals surface area contributed by atoms with Crippen LogP contribution in [0.1, 0.15) is 31.4 Å². The predicted molar refractivity (Wildman–Crippen MR) is 97.2 cm³/mol. The van der Waals surface area contributed by atoms with Crippen molar-refractivity contribution in [1.29, 1.82) is 0 Å². The van der Waals surface area contributed by atoms with Crippen molar-refractivity contribution in [2.75, 3.05) is 20.2 Å². The molecule has 0 unspecified atom stereocenters. The summed E-state index contributed by atoms with van der Waals surface area (Å²) in [6, 6.07) is 4.03. The summed E-state index contributed by atoms with van der Waals surface area (Å²) in [7, 11) is 1.75. The molecule has 28 heavy (non-hydrogen) atoms. The summed E-state index contributed by atoms with van der Waals surface area (Å²) in [5, 5.41) is 5.35. The Morgan fingerprint density at radius 3 is 2.36 bits per heavy atom. The van der Waals surface area contributed by atoms with Crippen LogP contribution in [0.3, 0.4) is 0 Å². The van der Waals surface area contributed by atoms with Gasteiger partial charge in [-0.3, -0.25) is 4.90 Å². The van der Waals surface area contributed by atoms with E-state index in [2.05, 4.69) is 10.6 Å². The minimum absolute atomic E-state index is 0.210. The number of hydrogen-bond donors (Lipinski definition) is 2. The van der Waals surface area contributed by atoms with E-state index >= 15 is 0 Å². The van der Waals surface area contributed by atoms with Crippen LogP contribution < -0.4 is 10.6 Å². The first kappa shape index (κ1) is 21.7. The number of likely N-dealkylation sites (N-methyl/N-ethyl adjacent to an activating group) is 1. The van der Waals surface area contributed by atoms with Gasteiger partial charge in [0.25, 0.3) is 0 Å². The number of amides is 2. The molecule has 0 bridgehead atoms. The summed E-state index contributed by atoms with van der Waals surface area (Å²) in [5.74, 6) is -0.500. The molecule has 0 saturated heterocycles. The maximum atomic E-state index is 12.7. The number of urea groups is 1. The number of carbonyl (C=O) groups is 2. The van der Waals surface area contributed by atoms with Gasteiger partial charge in [0.05, 0.1) is 23.8 Å². The first-order chi connectivity index (χ1) is 13.2. The molecule has 1 heterocycles. The van der Waals surface area contributed by atoms with Crippen LogP contribution in [-0.2, 0) is 22.3 Å². The Morgan fingerprint density at radius 2 is 1.82 bits per heavy atom. The molecule has 2 amide bonds. The van der Waals surface area contributed by atoms with Crippen molar-refractivity contribution in [3.63, 3.8) is 0 Å². The van der Waals surface area contributed by atoms with Crippen LogP contribution in [0.5, 0.6) is 0 Å².